The summed E-state index contributed by atoms with van der Waals surface area (Å²) in [6.07, 6.45) is 1.50. The van der Waals surface area contributed by atoms with Gasteiger partial charge in [0.15, 0.2) is 23.0 Å². The molecular weight excluding hydrogens is 334 g/mol. The number of fused-ring (bicyclic) bond motifs is 2. The Labute approximate surface area is 152 Å². The van der Waals surface area contributed by atoms with Crippen LogP contribution in [0.3, 0.4) is 0 Å². The molecular formula is C20H23NO5. The lowest BCUT2D eigenvalue weighted by Gasteiger charge is -2.41. The van der Waals surface area contributed by atoms with E-state index in [4.69, 9.17) is 9.47 Å². The van der Waals surface area contributed by atoms with Gasteiger partial charge in [-0.05, 0) is 54.3 Å². The number of hydrogen-bond donors (Lipinski definition) is 3. The Morgan fingerprint density at radius 3 is 2.62 bits per heavy atom. The number of likely N-dealkylation sites (N-methyl/N-ethyl adjacent to an activating group) is 1. The van der Waals surface area contributed by atoms with E-state index in [1.165, 1.54) is 14.2 Å². The summed E-state index contributed by atoms with van der Waals surface area (Å²) in [4.78, 5) is 2.27. The standard InChI is InChI=1S/C20H23NO5/c1-21-5-4-11-13(9-22)19(24)20(26-3)18-12-8-16(25-2)15(23)7-10(12)6-14(21)17(11)18/h7-8,14,22-24H,4-6,9H2,1-3H3. The Hall–Kier alpha value is -2.44. The molecule has 3 N–H and O–H groups in total. The maximum Gasteiger partial charge on any atom is 0.169 e. The third-order valence-electron chi connectivity index (χ3n) is 5.72. The fourth-order valence-corrected chi connectivity index (χ4v) is 4.43. The number of rotatable bonds is 3. The number of hydrogen-bond acceptors (Lipinski definition) is 6. The van der Waals surface area contributed by atoms with Crippen LogP contribution in [0.2, 0.25) is 0 Å². The van der Waals surface area contributed by atoms with Gasteiger partial charge in [-0.2, -0.15) is 0 Å². The number of nitrogens with zero attached hydrogens (tertiary/aromatic N) is 1. The number of aliphatic hydroxyl groups is 1. The molecule has 138 valence electrons. The van der Waals surface area contributed by atoms with E-state index in [0.29, 0.717) is 17.1 Å². The van der Waals surface area contributed by atoms with Crippen molar-refractivity contribution < 1.29 is 24.8 Å². The molecule has 0 bridgehead atoms. The average Bonchev–Trinajstić information content (AvgIpc) is 2.63. The number of methoxy groups -OCH3 is 2. The lowest BCUT2D eigenvalue weighted by molar-refractivity contribution is 0.221. The van der Waals surface area contributed by atoms with Crippen molar-refractivity contribution in [3.8, 4) is 34.1 Å². The van der Waals surface area contributed by atoms with Gasteiger partial charge in [0, 0.05) is 23.7 Å². The van der Waals surface area contributed by atoms with Crippen LogP contribution in [0.1, 0.15) is 28.3 Å². The zero-order valence-electron chi connectivity index (χ0n) is 15.2. The van der Waals surface area contributed by atoms with Crippen LogP contribution in [0, 0.1) is 0 Å². The highest BCUT2D eigenvalue weighted by Crippen LogP contribution is 2.55. The van der Waals surface area contributed by atoms with Gasteiger partial charge in [-0.15, -0.1) is 0 Å². The van der Waals surface area contributed by atoms with Crippen molar-refractivity contribution in [1.29, 1.82) is 0 Å². The van der Waals surface area contributed by atoms with Gasteiger partial charge in [-0.25, -0.2) is 0 Å². The minimum absolute atomic E-state index is 0.00746. The zero-order chi connectivity index (χ0) is 18.6. The molecule has 1 aliphatic heterocycles. The van der Waals surface area contributed by atoms with E-state index < -0.39 is 0 Å². The first kappa shape index (κ1) is 17.0. The highest BCUT2D eigenvalue weighted by Gasteiger charge is 2.38. The number of phenols is 2. The molecule has 4 rings (SSSR count). The molecule has 1 unspecified atom stereocenters. The second kappa shape index (κ2) is 6.07. The Morgan fingerprint density at radius 1 is 1.19 bits per heavy atom. The fraction of sp³-hybridized carbons (Fsp3) is 0.400. The molecule has 6 nitrogen and oxygen atoms in total. The molecule has 0 saturated heterocycles. The minimum atomic E-state index is -0.229. The topological polar surface area (TPSA) is 82.4 Å². The van der Waals surface area contributed by atoms with Crippen molar-refractivity contribution in [2.45, 2.75) is 25.5 Å². The molecule has 0 spiro atoms. The summed E-state index contributed by atoms with van der Waals surface area (Å²) in [5, 5.41) is 30.8. The monoisotopic (exact) mass is 357 g/mol. The fourth-order valence-electron chi connectivity index (χ4n) is 4.43. The lowest BCUT2D eigenvalue weighted by atomic mass is 9.75. The number of phenolic OH excluding ortho intramolecular Hbond substituents is 1. The Balaban J connectivity index is 2.12. The van der Waals surface area contributed by atoms with Crippen molar-refractivity contribution in [2.75, 3.05) is 27.8 Å². The van der Waals surface area contributed by atoms with Crippen LogP contribution in [0.15, 0.2) is 12.1 Å². The van der Waals surface area contributed by atoms with Crippen LogP contribution in [0.5, 0.6) is 23.0 Å². The summed E-state index contributed by atoms with van der Waals surface area (Å²) in [5.74, 6) is 0.838. The Kier molecular flexibility index (Phi) is 3.97. The van der Waals surface area contributed by atoms with Gasteiger partial charge in [-0.3, -0.25) is 4.90 Å². The van der Waals surface area contributed by atoms with Crippen molar-refractivity contribution in [3.63, 3.8) is 0 Å². The van der Waals surface area contributed by atoms with E-state index in [1.54, 1.807) is 12.1 Å². The second-order valence-corrected chi connectivity index (χ2v) is 6.92. The van der Waals surface area contributed by atoms with Crippen LogP contribution < -0.4 is 9.47 Å². The van der Waals surface area contributed by atoms with Gasteiger partial charge >= 0.3 is 0 Å². The number of benzene rings is 2. The average molecular weight is 357 g/mol. The summed E-state index contributed by atoms with van der Waals surface area (Å²) in [6.45, 7) is 0.611. The third-order valence-corrected chi connectivity index (χ3v) is 5.72. The maximum atomic E-state index is 10.8. The first-order valence-corrected chi connectivity index (χ1v) is 8.67. The largest absolute Gasteiger partial charge is 0.504 e. The maximum absolute atomic E-state index is 10.8. The number of aromatic hydroxyl groups is 2. The molecule has 0 aromatic heterocycles. The Morgan fingerprint density at radius 2 is 1.96 bits per heavy atom. The van der Waals surface area contributed by atoms with Gasteiger partial charge in [0.1, 0.15) is 0 Å². The SMILES string of the molecule is COc1cc2c(cc1O)CC1c3c(c(CO)c(O)c(OC)c3-2)CCN1C. The van der Waals surface area contributed by atoms with Gasteiger partial charge < -0.3 is 24.8 Å². The van der Waals surface area contributed by atoms with Crippen LogP contribution in [-0.4, -0.2) is 48.0 Å². The summed E-state index contributed by atoms with van der Waals surface area (Å²) in [6, 6.07) is 3.63. The molecule has 6 heteroatoms. The molecule has 1 aliphatic carbocycles. The molecule has 0 fully saturated rings. The first-order valence-electron chi connectivity index (χ1n) is 8.67. The second-order valence-electron chi connectivity index (χ2n) is 6.92. The van der Waals surface area contributed by atoms with Crippen LogP contribution in [-0.2, 0) is 19.4 Å². The first-order chi connectivity index (χ1) is 12.5. The molecule has 2 aromatic rings. The quantitative estimate of drug-likeness (QED) is 0.782. The molecule has 1 heterocycles. The van der Waals surface area contributed by atoms with Crippen LogP contribution in [0.4, 0.5) is 0 Å². The molecule has 2 aliphatic rings. The Bertz CT molecular complexity index is 893. The molecule has 26 heavy (non-hydrogen) atoms. The van der Waals surface area contributed by atoms with Crippen molar-refractivity contribution in [3.05, 3.63) is 34.4 Å². The van der Waals surface area contributed by atoms with Crippen molar-refractivity contribution in [2.24, 2.45) is 0 Å². The molecule has 1 atom stereocenters. The van der Waals surface area contributed by atoms with E-state index >= 15 is 0 Å². The van der Waals surface area contributed by atoms with Gasteiger partial charge in [-0.1, -0.05) is 0 Å². The molecule has 2 aromatic carbocycles. The summed E-state index contributed by atoms with van der Waals surface area (Å²) < 4.78 is 10.9. The normalized spacial score (nSPS) is 18.2. The van der Waals surface area contributed by atoms with E-state index in [2.05, 4.69) is 11.9 Å². The van der Waals surface area contributed by atoms with E-state index in [-0.39, 0.29) is 24.1 Å². The predicted octanol–water partition coefficient (Wildman–Crippen LogP) is 2.36. The number of ether oxygens (including phenoxy) is 2. The molecule has 0 radical (unpaired) electrons. The van der Waals surface area contributed by atoms with Gasteiger partial charge in [0.2, 0.25) is 0 Å². The molecule has 0 saturated carbocycles. The number of aliphatic hydroxyl groups excluding tert-OH is 1. The zero-order valence-corrected chi connectivity index (χ0v) is 15.2. The smallest absolute Gasteiger partial charge is 0.169 e. The van der Waals surface area contributed by atoms with Crippen molar-refractivity contribution in [1.82, 2.24) is 4.90 Å². The van der Waals surface area contributed by atoms with E-state index in [1.807, 2.05) is 0 Å². The van der Waals surface area contributed by atoms with E-state index in [0.717, 1.165) is 47.2 Å². The third kappa shape index (κ3) is 2.19. The summed E-state index contributed by atoms with van der Waals surface area (Å²) >= 11 is 0. The van der Waals surface area contributed by atoms with Gasteiger partial charge in [0.25, 0.3) is 0 Å². The summed E-state index contributed by atoms with van der Waals surface area (Å²) in [5.41, 5.74) is 5.34. The van der Waals surface area contributed by atoms with Crippen LogP contribution in [0.25, 0.3) is 11.1 Å². The summed E-state index contributed by atoms with van der Waals surface area (Å²) in [7, 11) is 5.11. The highest BCUT2D eigenvalue weighted by atomic mass is 16.5. The van der Waals surface area contributed by atoms with Crippen molar-refractivity contribution >= 4 is 0 Å². The highest BCUT2D eigenvalue weighted by molar-refractivity contribution is 5.86. The minimum Gasteiger partial charge on any atom is -0.504 e. The van der Waals surface area contributed by atoms with Gasteiger partial charge in [0.05, 0.1) is 20.8 Å². The predicted molar refractivity (Wildman–Crippen MR) is 97.0 cm³/mol. The van der Waals surface area contributed by atoms with E-state index in [9.17, 15) is 15.3 Å². The lowest BCUT2D eigenvalue weighted by Crippen LogP contribution is -2.36. The molecule has 0 amide bonds. The van der Waals surface area contributed by atoms with Crippen LogP contribution >= 0.6 is 0 Å².